The molecular formula is C26H34F3N3O4S. The van der Waals surface area contributed by atoms with Gasteiger partial charge in [0.25, 0.3) is 5.91 Å². The first-order valence-corrected chi connectivity index (χ1v) is 13.4. The number of thiazole rings is 1. The molecule has 1 aromatic heterocycles. The number of ether oxygens (including phenoxy) is 2. The summed E-state index contributed by atoms with van der Waals surface area (Å²) in [7, 11) is 1.56. The van der Waals surface area contributed by atoms with Crippen LogP contribution < -0.4 is 9.54 Å². The van der Waals surface area contributed by atoms with Crippen LogP contribution in [-0.4, -0.2) is 54.1 Å². The van der Waals surface area contributed by atoms with Crippen molar-refractivity contribution in [2.24, 2.45) is 4.99 Å². The van der Waals surface area contributed by atoms with E-state index >= 15 is 0 Å². The molecule has 4 rings (SSSR count). The predicted molar refractivity (Wildman–Crippen MR) is 134 cm³/mol. The van der Waals surface area contributed by atoms with E-state index in [2.05, 4.69) is 4.99 Å². The van der Waals surface area contributed by atoms with Crippen LogP contribution >= 0.6 is 11.3 Å². The normalized spacial score (nSPS) is 25.1. The van der Waals surface area contributed by atoms with Gasteiger partial charge in [0.1, 0.15) is 18.4 Å². The maximum atomic E-state index is 13.5. The summed E-state index contributed by atoms with van der Waals surface area (Å²) in [5.74, 6) is -0.831. The van der Waals surface area contributed by atoms with E-state index < -0.39 is 22.3 Å². The van der Waals surface area contributed by atoms with Crippen molar-refractivity contribution >= 4 is 17.2 Å². The minimum Gasteiger partial charge on any atom is -0.633 e. The number of halogens is 3. The van der Waals surface area contributed by atoms with Crippen LogP contribution in [0.3, 0.4) is 0 Å². The van der Waals surface area contributed by atoms with E-state index in [1.807, 2.05) is 31.5 Å². The van der Waals surface area contributed by atoms with Gasteiger partial charge in [0.2, 0.25) is 0 Å². The second-order valence-electron chi connectivity index (χ2n) is 11.0. The number of alkyl halides is 3. The Morgan fingerprint density at radius 1 is 1.27 bits per heavy atom. The number of carbonyl (C=O) groups excluding carboxylic acids is 1. The van der Waals surface area contributed by atoms with Crippen LogP contribution in [0.2, 0.25) is 0 Å². The van der Waals surface area contributed by atoms with Crippen LogP contribution in [0.5, 0.6) is 5.75 Å². The minimum atomic E-state index is -4.63. The van der Waals surface area contributed by atoms with Gasteiger partial charge in [-0.25, -0.2) is 0 Å². The smallest absolute Gasteiger partial charge is 0.416 e. The summed E-state index contributed by atoms with van der Waals surface area (Å²) in [5, 5.41) is 12.6. The summed E-state index contributed by atoms with van der Waals surface area (Å²) >= 11 is 1.33. The first-order chi connectivity index (χ1) is 17.2. The van der Waals surface area contributed by atoms with Crippen LogP contribution in [-0.2, 0) is 22.9 Å². The van der Waals surface area contributed by atoms with E-state index in [-0.39, 0.29) is 35.5 Å². The van der Waals surface area contributed by atoms with Crippen molar-refractivity contribution < 1.29 is 32.1 Å². The van der Waals surface area contributed by atoms with Gasteiger partial charge in [-0.3, -0.25) is 4.79 Å². The number of likely N-dealkylation sites (N-methyl/N-ethyl adjacent to an activating group) is 1. The Balaban J connectivity index is 1.70. The molecule has 0 spiro atoms. The lowest BCUT2D eigenvalue weighted by Crippen LogP contribution is -2.45. The molecule has 3 atom stereocenters. The lowest BCUT2D eigenvalue weighted by Gasteiger charge is -2.39. The summed E-state index contributed by atoms with van der Waals surface area (Å²) in [4.78, 5) is 19.0. The largest absolute Gasteiger partial charge is 0.633 e. The van der Waals surface area contributed by atoms with Gasteiger partial charge in [-0.2, -0.15) is 18.2 Å². The molecule has 2 saturated heterocycles. The van der Waals surface area contributed by atoms with Crippen LogP contribution in [0.15, 0.2) is 29.4 Å². The number of carbonyl (C=O) groups is 1. The van der Waals surface area contributed by atoms with E-state index in [1.54, 1.807) is 7.05 Å². The van der Waals surface area contributed by atoms with Crippen molar-refractivity contribution in [3.05, 3.63) is 50.4 Å². The van der Waals surface area contributed by atoms with Crippen LogP contribution in [0.4, 0.5) is 13.2 Å². The van der Waals surface area contributed by atoms with E-state index in [0.717, 1.165) is 42.3 Å². The molecule has 0 saturated carbocycles. The van der Waals surface area contributed by atoms with Crippen LogP contribution in [0, 0.1) is 5.21 Å². The quantitative estimate of drug-likeness (QED) is 0.369. The second-order valence-corrected chi connectivity index (χ2v) is 12.1. The molecular weight excluding hydrogens is 507 g/mol. The summed E-state index contributed by atoms with van der Waals surface area (Å²) in [6.45, 7) is 7.80. The fraction of sp³-hybridized carbons (Fsp3) is 0.615. The molecule has 2 fully saturated rings. The number of nitrogens with zero attached hydrogens (tertiary/aromatic N) is 3. The number of likely N-dealkylation sites (tertiary alicyclic amines) is 1. The molecule has 2 aliphatic rings. The Labute approximate surface area is 218 Å². The number of aromatic nitrogens is 1. The fourth-order valence-electron chi connectivity index (χ4n) is 4.62. The van der Waals surface area contributed by atoms with E-state index in [9.17, 15) is 23.2 Å². The molecule has 1 unspecified atom stereocenters. The maximum absolute atomic E-state index is 13.5. The number of benzene rings is 1. The molecule has 1 amide bonds. The molecule has 204 valence electrons. The fourth-order valence-corrected chi connectivity index (χ4v) is 5.68. The van der Waals surface area contributed by atoms with Crippen LogP contribution in [0.25, 0.3) is 0 Å². The topological polar surface area (TPSA) is 75.9 Å². The zero-order valence-electron chi connectivity index (χ0n) is 21.6. The van der Waals surface area contributed by atoms with Crippen molar-refractivity contribution in [1.29, 1.82) is 0 Å². The van der Waals surface area contributed by atoms with Gasteiger partial charge in [-0.15, -0.1) is 11.3 Å². The maximum Gasteiger partial charge on any atom is 0.416 e. The summed E-state index contributed by atoms with van der Waals surface area (Å²) < 4.78 is 53.4. The zero-order chi connectivity index (χ0) is 27.0. The number of rotatable bonds is 6. The molecule has 3 heterocycles. The third-order valence-corrected chi connectivity index (χ3v) is 8.41. The van der Waals surface area contributed by atoms with Crippen molar-refractivity contribution in [3.8, 4) is 5.75 Å². The molecule has 0 radical (unpaired) electrons. The zero-order valence-corrected chi connectivity index (χ0v) is 22.5. The van der Waals surface area contributed by atoms with Gasteiger partial charge in [0.05, 0.1) is 37.4 Å². The van der Waals surface area contributed by atoms with Crippen LogP contribution in [0.1, 0.15) is 67.3 Å². The lowest BCUT2D eigenvalue weighted by molar-refractivity contribution is -0.873. The number of hydroxylamine groups is 3. The molecule has 37 heavy (non-hydrogen) atoms. The van der Waals surface area contributed by atoms with Gasteiger partial charge in [-0.1, -0.05) is 20.8 Å². The summed E-state index contributed by atoms with van der Waals surface area (Å²) in [6, 6.07) is 2.46. The number of quaternary nitrogens is 1. The first kappa shape index (κ1) is 27.8. The molecule has 0 N–H and O–H groups in total. The highest BCUT2D eigenvalue weighted by Gasteiger charge is 2.34. The first-order valence-electron chi connectivity index (χ1n) is 12.6. The minimum absolute atomic E-state index is 0.00476. The van der Waals surface area contributed by atoms with Gasteiger partial charge in [0, 0.05) is 30.5 Å². The standard InChI is InChI=1S/C26H34F3N3O4S/c1-25(2,3)22-15-31(14-19-8-6-12-35-19)24(37-22)30-23(33)20-13-17(26(27,28)29)9-10-21(20)36-16-18-7-5-11-32(18,4)34/h9-10,13,15,18-19H,5-8,11-12,14,16H2,1-4H3/t18-,19-,32?/m1/s1. The second kappa shape index (κ2) is 10.5. The molecule has 2 aliphatic heterocycles. The Morgan fingerprint density at radius 3 is 2.62 bits per heavy atom. The lowest BCUT2D eigenvalue weighted by atomic mass is 9.95. The monoisotopic (exact) mass is 541 g/mol. The summed E-state index contributed by atoms with van der Waals surface area (Å²) in [6.07, 6.45) is 0.560. The SMILES string of the molecule is CC(C)(C)c1cn(C[C@H]2CCCO2)c(=NC(=O)c2cc(C(F)(F)F)ccc2OC[C@H]2CCC[N+]2(C)[O-])s1. The molecule has 0 aliphatic carbocycles. The average molecular weight is 542 g/mol. The Bertz CT molecular complexity index is 1190. The molecule has 1 aromatic carbocycles. The molecule has 2 aromatic rings. The van der Waals surface area contributed by atoms with Crippen molar-refractivity contribution in [2.45, 2.75) is 76.7 Å². The predicted octanol–water partition coefficient (Wildman–Crippen LogP) is 5.27. The third-order valence-electron chi connectivity index (χ3n) is 6.96. The van der Waals surface area contributed by atoms with Gasteiger partial charge < -0.3 is 23.9 Å². The molecule has 11 heteroatoms. The van der Waals surface area contributed by atoms with E-state index in [1.165, 1.54) is 11.3 Å². The highest BCUT2D eigenvalue weighted by molar-refractivity contribution is 7.09. The Morgan fingerprint density at radius 2 is 2.03 bits per heavy atom. The molecule has 7 nitrogen and oxygen atoms in total. The Kier molecular flexibility index (Phi) is 7.90. The van der Waals surface area contributed by atoms with Gasteiger partial charge >= 0.3 is 6.18 Å². The van der Waals surface area contributed by atoms with Crippen molar-refractivity contribution in [2.75, 3.05) is 26.8 Å². The molecule has 0 bridgehead atoms. The number of hydrogen-bond donors (Lipinski definition) is 0. The Hall–Kier alpha value is -2.21. The van der Waals surface area contributed by atoms with Crippen molar-refractivity contribution in [1.82, 2.24) is 4.57 Å². The van der Waals surface area contributed by atoms with Gasteiger partial charge in [-0.05, 0) is 36.5 Å². The van der Waals surface area contributed by atoms with Crippen molar-refractivity contribution in [3.63, 3.8) is 0 Å². The summed E-state index contributed by atoms with van der Waals surface area (Å²) in [5.41, 5.74) is -1.44. The highest BCUT2D eigenvalue weighted by atomic mass is 32.1. The van der Waals surface area contributed by atoms with Gasteiger partial charge in [0.15, 0.2) is 4.80 Å². The van der Waals surface area contributed by atoms with E-state index in [4.69, 9.17) is 9.47 Å². The average Bonchev–Trinajstić information content (AvgIpc) is 3.52. The van der Waals surface area contributed by atoms with E-state index in [0.29, 0.717) is 30.9 Å². The highest BCUT2D eigenvalue weighted by Crippen LogP contribution is 2.34. The number of hydrogen-bond acceptors (Lipinski definition) is 5. The number of amides is 1. The third kappa shape index (κ3) is 6.63.